The molecule has 7 rings (SSSR count). The number of fused-ring (bicyclic) bond motifs is 5. The quantitative estimate of drug-likeness (QED) is 0.333. The summed E-state index contributed by atoms with van der Waals surface area (Å²) in [6.45, 7) is 6.05. The molecule has 0 aliphatic carbocycles. The normalized spacial score (nSPS) is 17.2. The van der Waals surface area contributed by atoms with Crippen molar-refractivity contribution in [1.82, 2.24) is 18.9 Å². The van der Waals surface area contributed by atoms with Crippen LogP contribution in [0.1, 0.15) is 56.9 Å². The van der Waals surface area contributed by atoms with E-state index in [0.717, 1.165) is 14.1 Å². The number of nitrogens with zero attached hydrogens (tertiary/aromatic N) is 6. The van der Waals surface area contributed by atoms with Crippen LogP contribution < -0.4 is 26.8 Å². The summed E-state index contributed by atoms with van der Waals surface area (Å²) in [7, 11) is 0. The third kappa shape index (κ3) is 3.81. The van der Waals surface area contributed by atoms with Crippen LogP contribution in [0.3, 0.4) is 0 Å². The van der Waals surface area contributed by atoms with E-state index in [0.29, 0.717) is 22.5 Å². The number of anilines is 1. The first-order valence-electron chi connectivity index (χ1n) is 14.2. The molecule has 0 radical (unpaired) electrons. The molecule has 45 heavy (non-hydrogen) atoms. The van der Waals surface area contributed by atoms with E-state index in [-0.39, 0.29) is 45.2 Å². The summed E-state index contributed by atoms with van der Waals surface area (Å²) in [4.78, 5) is 68.6. The molecule has 0 saturated carbocycles. The minimum Gasteiger partial charge on any atom is -0.493 e. The largest absolute Gasteiger partial charge is 0.493 e. The Labute approximate surface area is 254 Å². The van der Waals surface area contributed by atoms with Crippen molar-refractivity contribution in [2.24, 2.45) is 5.10 Å². The number of carbonyl (C=O) groups is 3. The molecule has 1 amide bonds. The SMILES string of the molecule is CC(=O)n1c(=O)c(C2(C)C=c3c(C)c4c(n(c3=O)C(=O)C2)=NN(c2ccccc2)C4=O)c(C)c2c(O)n(-c3ccccc3)nc21. The molecule has 0 fully saturated rings. The van der Waals surface area contributed by atoms with E-state index in [4.69, 9.17) is 0 Å². The van der Waals surface area contributed by atoms with Gasteiger partial charge in [-0.2, -0.15) is 9.69 Å². The lowest BCUT2D eigenvalue weighted by Gasteiger charge is -2.26. The van der Waals surface area contributed by atoms with E-state index in [1.165, 1.54) is 17.7 Å². The zero-order chi connectivity index (χ0) is 31.9. The molecule has 1 atom stereocenters. The molecule has 2 aromatic carbocycles. The summed E-state index contributed by atoms with van der Waals surface area (Å²) >= 11 is 0. The van der Waals surface area contributed by atoms with Crippen LogP contribution >= 0.6 is 0 Å². The predicted molar refractivity (Wildman–Crippen MR) is 165 cm³/mol. The van der Waals surface area contributed by atoms with E-state index in [9.17, 15) is 29.1 Å². The van der Waals surface area contributed by atoms with Crippen molar-refractivity contribution in [2.45, 2.75) is 39.5 Å². The molecule has 12 heteroatoms. The topological polar surface area (TPSA) is 149 Å². The van der Waals surface area contributed by atoms with Gasteiger partial charge in [-0.3, -0.25) is 24.0 Å². The maximum Gasteiger partial charge on any atom is 0.282 e. The van der Waals surface area contributed by atoms with Crippen LogP contribution in [-0.2, 0) is 5.41 Å². The Morgan fingerprint density at radius 1 is 0.889 bits per heavy atom. The van der Waals surface area contributed by atoms with Crippen molar-refractivity contribution in [3.05, 3.63) is 114 Å². The number of aryl methyl sites for hydroxylation is 1. The Balaban J connectivity index is 1.51. The highest BCUT2D eigenvalue weighted by Crippen LogP contribution is 2.37. The minimum absolute atomic E-state index is 0.0395. The molecule has 12 nitrogen and oxygen atoms in total. The molecular formula is C33H26N6O6. The van der Waals surface area contributed by atoms with Crippen molar-refractivity contribution in [3.63, 3.8) is 0 Å². The van der Waals surface area contributed by atoms with E-state index < -0.39 is 34.3 Å². The van der Waals surface area contributed by atoms with Crippen LogP contribution in [0.4, 0.5) is 5.69 Å². The highest BCUT2D eigenvalue weighted by atomic mass is 16.3. The zero-order valence-electron chi connectivity index (χ0n) is 24.7. The number of carbonyl (C=O) groups excluding carboxylic acids is 3. The number of rotatable bonds is 3. The zero-order valence-corrected chi connectivity index (χ0v) is 24.7. The Kier molecular flexibility index (Phi) is 5.92. The number of aromatic nitrogens is 4. The van der Waals surface area contributed by atoms with Crippen molar-refractivity contribution in [2.75, 3.05) is 5.01 Å². The van der Waals surface area contributed by atoms with E-state index in [2.05, 4.69) is 10.2 Å². The van der Waals surface area contributed by atoms with Crippen LogP contribution in [0.15, 0.2) is 75.4 Å². The number of benzene rings is 2. The summed E-state index contributed by atoms with van der Waals surface area (Å²) in [6.07, 6.45) is 1.15. The molecular weight excluding hydrogens is 576 g/mol. The summed E-state index contributed by atoms with van der Waals surface area (Å²) in [5.74, 6) is -2.12. The molecule has 2 aliphatic rings. The lowest BCUT2D eigenvalue weighted by atomic mass is 9.76. The summed E-state index contributed by atoms with van der Waals surface area (Å²) in [5, 5.41) is 21.6. The number of pyridine rings is 2. The fourth-order valence-electron chi connectivity index (χ4n) is 6.55. The molecule has 1 unspecified atom stereocenters. The van der Waals surface area contributed by atoms with Gasteiger partial charge in [0.1, 0.15) is 0 Å². The number of aromatic hydroxyl groups is 1. The molecule has 3 aromatic heterocycles. The molecule has 5 heterocycles. The van der Waals surface area contributed by atoms with Crippen LogP contribution in [-0.4, -0.2) is 41.7 Å². The smallest absolute Gasteiger partial charge is 0.282 e. The fraction of sp³-hybridized carbons (Fsp3) is 0.182. The fourth-order valence-corrected chi connectivity index (χ4v) is 6.55. The molecule has 5 aromatic rings. The maximum atomic E-state index is 14.2. The van der Waals surface area contributed by atoms with Gasteiger partial charge >= 0.3 is 0 Å². The summed E-state index contributed by atoms with van der Waals surface area (Å²) in [5.41, 5.74) is -1.22. The number of amides is 1. The number of para-hydroxylation sites is 2. The van der Waals surface area contributed by atoms with Gasteiger partial charge in [-0.15, -0.1) is 10.2 Å². The Bertz CT molecular complexity index is 2410. The summed E-state index contributed by atoms with van der Waals surface area (Å²) in [6, 6.07) is 17.4. The van der Waals surface area contributed by atoms with Crippen LogP contribution in [0.2, 0.25) is 0 Å². The summed E-state index contributed by atoms with van der Waals surface area (Å²) < 4.78 is 3.00. The number of hydrogen-bond acceptors (Lipinski definition) is 8. The molecule has 224 valence electrons. The van der Waals surface area contributed by atoms with Crippen LogP contribution in [0.5, 0.6) is 5.88 Å². The first-order valence-corrected chi connectivity index (χ1v) is 14.2. The molecule has 2 bridgehead atoms. The molecule has 2 aliphatic heterocycles. The van der Waals surface area contributed by atoms with Gasteiger partial charge in [-0.1, -0.05) is 49.4 Å². The second-order valence-corrected chi connectivity index (χ2v) is 11.5. The van der Waals surface area contributed by atoms with Crippen molar-refractivity contribution in [1.29, 1.82) is 0 Å². The maximum absolute atomic E-state index is 14.2. The second-order valence-electron chi connectivity index (χ2n) is 11.5. The van der Waals surface area contributed by atoms with Crippen molar-refractivity contribution in [3.8, 4) is 11.6 Å². The Morgan fingerprint density at radius 2 is 1.51 bits per heavy atom. The second kappa shape index (κ2) is 9.55. The molecule has 0 spiro atoms. The van der Waals surface area contributed by atoms with Crippen LogP contribution in [0.25, 0.3) is 22.8 Å². The van der Waals surface area contributed by atoms with Gasteiger partial charge < -0.3 is 5.11 Å². The van der Waals surface area contributed by atoms with Crippen molar-refractivity contribution < 1.29 is 19.5 Å². The van der Waals surface area contributed by atoms with Gasteiger partial charge in [0.15, 0.2) is 11.1 Å². The molecule has 0 saturated heterocycles. The van der Waals surface area contributed by atoms with Gasteiger partial charge in [0, 0.05) is 29.5 Å². The Morgan fingerprint density at radius 3 is 2.13 bits per heavy atom. The molecule has 1 N–H and O–H groups in total. The minimum atomic E-state index is -1.44. The average molecular weight is 603 g/mol. The first kappa shape index (κ1) is 27.9. The monoisotopic (exact) mass is 602 g/mol. The standard InChI is InChI=1S/C33H26N6O6/c1-17-22-15-33(4,16-23(41)37(29(22)42)28-24(17)30(43)38(35-28)20-11-7-5-8-12-20)26-18(2)25-27(36(19(3)40)32(26)45)34-39(31(25)44)21-13-9-6-10-14-21/h5-15,44H,16H2,1-4H3. The van der Waals surface area contributed by atoms with Gasteiger partial charge in [-0.05, 0) is 49.2 Å². The van der Waals surface area contributed by atoms with Gasteiger partial charge in [0.05, 0.1) is 22.3 Å². The lowest BCUT2D eigenvalue weighted by molar-refractivity contribution is 0.0877. The van der Waals surface area contributed by atoms with E-state index >= 15 is 0 Å². The average Bonchev–Trinajstić information content (AvgIpc) is 3.50. The first-order chi connectivity index (χ1) is 21.4. The van der Waals surface area contributed by atoms with E-state index in [1.807, 2.05) is 0 Å². The van der Waals surface area contributed by atoms with Gasteiger partial charge in [0.2, 0.25) is 17.7 Å². The predicted octanol–water partition coefficient (Wildman–Crippen LogP) is 2.31. The number of hydrogen-bond donors (Lipinski definition) is 1. The van der Waals surface area contributed by atoms with Gasteiger partial charge in [0.25, 0.3) is 17.0 Å². The lowest BCUT2D eigenvalue weighted by Crippen LogP contribution is -2.47. The highest BCUT2D eigenvalue weighted by molar-refractivity contribution is 6.08. The third-order valence-electron chi connectivity index (χ3n) is 8.59. The third-order valence-corrected chi connectivity index (χ3v) is 8.59. The highest BCUT2D eigenvalue weighted by Gasteiger charge is 2.41. The van der Waals surface area contributed by atoms with Gasteiger partial charge in [-0.25, -0.2) is 9.13 Å². The Hall–Kier alpha value is -5.91. The van der Waals surface area contributed by atoms with E-state index in [1.54, 1.807) is 81.4 Å². The van der Waals surface area contributed by atoms with Crippen molar-refractivity contribution >= 4 is 40.5 Å². The van der Waals surface area contributed by atoms with Crippen LogP contribution in [0, 0.1) is 13.8 Å².